The van der Waals surface area contributed by atoms with Gasteiger partial charge in [-0.15, -0.1) is 5.10 Å². The van der Waals surface area contributed by atoms with Gasteiger partial charge in [0, 0.05) is 15.5 Å². The van der Waals surface area contributed by atoms with E-state index in [0.717, 1.165) is 33.2 Å². The summed E-state index contributed by atoms with van der Waals surface area (Å²) < 4.78 is 3.86. The van der Waals surface area contributed by atoms with Crippen molar-refractivity contribution in [3.05, 3.63) is 44.6 Å². The molecule has 1 aromatic heterocycles. The van der Waals surface area contributed by atoms with Crippen molar-refractivity contribution in [2.45, 2.75) is 25.9 Å². The van der Waals surface area contributed by atoms with Gasteiger partial charge in [0.1, 0.15) is 0 Å². The van der Waals surface area contributed by atoms with Crippen molar-refractivity contribution in [1.82, 2.24) is 20.4 Å². The molecule has 7 heteroatoms. The van der Waals surface area contributed by atoms with E-state index in [1.807, 2.05) is 22.9 Å². The minimum Gasteiger partial charge on any atom is -0.271 e. The topological polar surface area (TPSA) is 68.8 Å². The average molecular weight is 389 g/mol. The number of nitrogens with zero attached hydrogens (tertiary/aromatic N) is 3. The molecule has 0 bridgehead atoms. The summed E-state index contributed by atoms with van der Waals surface area (Å²) in [7, 11) is 0. The molecule has 1 unspecified atom stereocenters. The molecular weight excluding hydrogens is 374 g/mol. The van der Waals surface area contributed by atoms with E-state index in [4.69, 9.17) is 5.84 Å². The highest BCUT2D eigenvalue weighted by atomic mass is 79.9. The lowest BCUT2D eigenvalue weighted by atomic mass is 10.0. The first kappa shape index (κ1) is 14.6. The fraction of sp³-hybridized carbons (Fsp3) is 0.333. The molecule has 2 rings (SSSR count). The number of aromatic nitrogens is 3. The molecule has 0 aliphatic rings. The standard InChI is InChI=1S/C12H15Br2N5/c1-2-3-19-11(7-16-18-19)12(17-15)8-4-9(13)6-10(14)5-8/h4-7,12,17H,2-3,15H2,1H3. The number of nitrogens with two attached hydrogens (primary N) is 1. The largest absolute Gasteiger partial charge is 0.271 e. The molecule has 102 valence electrons. The van der Waals surface area contributed by atoms with Crippen molar-refractivity contribution >= 4 is 31.9 Å². The molecule has 2 aromatic rings. The lowest BCUT2D eigenvalue weighted by Gasteiger charge is -2.18. The Morgan fingerprint density at radius 2 is 2.00 bits per heavy atom. The van der Waals surface area contributed by atoms with E-state index < -0.39 is 0 Å². The zero-order valence-corrected chi connectivity index (χ0v) is 13.6. The minimum absolute atomic E-state index is 0.143. The maximum absolute atomic E-state index is 5.71. The summed E-state index contributed by atoms with van der Waals surface area (Å²) in [6, 6.07) is 5.89. The Bertz CT molecular complexity index is 535. The lowest BCUT2D eigenvalue weighted by molar-refractivity contribution is 0.512. The number of hydrogen-bond donors (Lipinski definition) is 2. The third kappa shape index (κ3) is 3.42. The number of aryl methyl sites for hydroxylation is 1. The van der Waals surface area contributed by atoms with Crippen LogP contribution in [0.3, 0.4) is 0 Å². The van der Waals surface area contributed by atoms with Crippen LogP contribution in [0.1, 0.15) is 30.6 Å². The van der Waals surface area contributed by atoms with Crippen LogP contribution in [0.4, 0.5) is 0 Å². The van der Waals surface area contributed by atoms with Crippen molar-refractivity contribution in [2.24, 2.45) is 5.84 Å². The van der Waals surface area contributed by atoms with Crippen molar-refractivity contribution in [3.8, 4) is 0 Å². The Kier molecular flexibility index (Phi) is 5.09. The van der Waals surface area contributed by atoms with Gasteiger partial charge in [-0.25, -0.2) is 10.1 Å². The third-order valence-electron chi connectivity index (χ3n) is 2.76. The second-order valence-corrected chi connectivity index (χ2v) is 6.02. The van der Waals surface area contributed by atoms with E-state index in [-0.39, 0.29) is 6.04 Å². The van der Waals surface area contributed by atoms with Gasteiger partial charge in [-0.2, -0.15) is 0 Å². The summed E-state index contributed by atoms with van der Waals surface area (Å²) in [6.07, 6.45) is 2.74. The number of hydrogen-bond acceptors (Lipinski definition) is 4. The van der Waals surface area contributed by atoms with Crippen molar-refractivity contribution < 1.29 is 0 Å². The van der Waals surface area contributed by atoms with Gasteiger partial charge in [-0.05, 0) is 30.2 Å². The molecule has 5 nitrogen and oxygen atoms in total. The molecule has 0 spiro atoms. The molecule has 19 heavy (non-hydrogen) atoms. The van der Waals surface area contributed by atoms with Crippen LogP contribution in [0, 0.1) is 0 Å². The first-order valence-corrected chi connectivity index (χ1v) is 7.54. The molecule has 0 saturated heterocycles. The zero-order valence-electron chi connectivity index (χ0n) is 10.5. The Balaban J connectivity index is 2.40. The highest BCUT2D eigenvalue weighted by Crippen LogP contribution is 2.27. The molecule has 1 aromatic carbocycles. The van der Waals surface area contributed by atoms with E-state index in [1.165, 1.54) is 0 Å². The molecule has 0 fully saturated rings. The first-order valence-electron chi connectivity index (χ1n) is 5.96. The van der Waals surface area contributed by atoms with Crippen LogP contribution in [0.25, 0.3) is 0 Å². The van der Waals surface area contributed by atoms with Crippen molar-refractivity contribution in [1.29, 1.82) is 0 Å². The number of rotatable bonds is 5. The first-order chi connectivity index (χ1) is 9.15. The molecule has 0 aliphatic heterocycles. The predicted octanol–water partition coefficient (Wildman–Crippen LogP) is 2.77. The van der Waals surface area contributed by atoms with Gasteiger partial charge >= 0.3 is 0 Å². The van der Waals surface area contributed by atoms with Crippen LogP contribution in [0.15, 0.2) is 33.3 Å². The maximum Gasteiger partial charge on any atom is 0.0895 e. The number of hydrazine groups is 1. The van der Waals surface area contributed by atoms with E-state index in [9.17, 15) is 0 Å². The van der Waals surface area contributed by atoms with Crippen LogP contribution in [-0.2, 0) is 6.54 Å². The van der Waals surface area contributed by atoms with Gasteiger partial charge in [-0.3, -0.25) is 5.84 Å². The fourth-order valence-corrected chi connectivity index (χ4v) is 3.30. The Morgan fingerprint density at radius 1 is 1.32 bits per heavy atom. The van der Waals surface area contributed by atoms with E-state index in [1.54, 1.807) is 6.20 Å². The summed E-state index contributed by atoms with van der Waals surface area (Å²) in [4.78, 5) is 0. The van der Waals surface area contributed by atoms with Gasteiger partial charge < -0.3 is 0 Å². The van der Waals surface area contributed by atoms with Crippen LogP contribution < -0.4 is 11.3 Å². The van der Waals surface area contributed by atoms with Crippen molar-refractivity contribution in [2.75, 3.05) is 0 Å². The second-order valence-electron chi connectivity index (χ2n) is 4.18. The second kappa shape index (κ2) is 6.60. The van der Waals surface area contributed by atoms with Crippen LogP contribution in [-0.4, -0.2) is 15.0 Å². The van der Waals surface area contributed by atoms with E-state index >= 15 is 0 Å². The normalized spacial score (nSPS) is 12.6. The zero-order chi connectivity index (χ0) is 13.8. The molecule has 0 aliphatic carbocycles. The molecular formula is C12H15Br2N5. The van der Waals surface area contributed by atoms with E-state index in [2.05, 4.69) is 54.5 Å². The SMILES string of the molecule is CCCn1nncc1C(NN)c1cc(Br)cc(Br)c1. The Hall–Kier alpha value is -0.760. The smallest absolute Gasteiger partial charge is 0.0895 e. The number of nitrogens with one attached hydrogen (secondary N) is 1. The Labute approximate surface area is 128 Å². The number of benzene rings is 1. The van der Waals surface area contributed by atoms with Crippen LogP contribution >= 0.6 is 31.9 Å². The van der Waals surface area contributed by atoms with Crippen LogP contribution in [0.5, 0.6) is 0 Å². The summed E-state index contributed by atoms with van der Waals surface area (Å²) in [5.41, 5.74) is 4.83. The molecule has 1 atom stereocenters. The van der Waals surface area contributed by atoms with Crippen molar-refractivity contribution in [3.63, 3.8) is 0 Å². The third-order valence-corrected chi connectivity index (χ3v) is 3.68. The fourth-order valence-electron chi connectivity index (χ4n) is 1.97. The lowest BCUT2D eigenvalue weighted by Crippen LogP contribution is -2.30. The summed E-state index contributed by atoms with van der Waals surface area (Å²) >= 11 is 6.97. The summed E-state index contributed by atoms with van der Waals surface area (Å²) in [5.74, 6) is 5.71. The van der Waals surface area contributed by atoms with Gasteiger partial charge in [0.2, 0.25) is 0 Å². The average Bonchev–Trinajstić information content (AvgIpc) is 2.78. The molecule has 0 saturated carbocycles. The number of halogens is 2. The predicted molar refractivity (Wildman–Crippen MR) is 81.3 cm³/mol. The Morgan fingerprint density at radius 3 is 2.58 bits per heavy atom. The minimum atomic E-state index is -0.143. The van der Waals surface area contributed by atoms with Gasteiger partial charge in [0.15, 0.2) is 0 Å². The molecule has 0 amide bonds. The molecule has 1 heterocycles. The summed E-state index contributed by atoms with van der Waals surface area (Å²) in [6.45, 7) is 2.93. The van der Waals surface area contributed by atoms with Gasteiger partial charge in [0.05, 0.1) is 17.9 Å². The summed E-state index contributed by atoms with van der Waals surface area (Å²) in [5, 5.41) is 8.07. The molecule has 0 radical (unpaired) electrons. The highest BCUT2D eigenvalue weighted by Gasteiger charge is 2.18. The highest BCUT2D eigenvalue weighted by molar-refractivity contribution is 9.11. The quantitative estimate of drug-likeness (QED) is 0.610. The maximum atomic E-state index is 5.71. The van der Waals surface area contributed by atoms with Crippen LogP contribution in [0.2, 0.25) is 0 Å². The van der Waals surface area contributed by atoms with E-state index in [0.29, 0.717) is 0 Å². The van der Waals surface area contributed by atoms with Gasteiger partial charge in [0.25, 0.3) is 0 Å². The monoisotopic (exact) mass is 387 g/mol. The van der Waals surface area contributed by atoms with Gasteiger partial charge in [-0.1, -0.05) is 44.0 Å². The molecule has 3 N–H and O–H groups in total.